The van der Waals surface area contributed by atoms with Crippen molar-refractivity contribution in [2.45, 2.75) is 31.7 Å². The highest BCUT2D eigenvalue weighted by molar-refractivity contribution is 5.95. The van der Waals surface area contributed by atoms with Gasteiger partial charge in [0.25, 0.3) is 0 Å². The van der Waals surface area contributed by atoms with Gasteiger partial charge in [0.15, 0.2) is 0 Å². The van der Waals surface area contributed by atoms with E-state index in [1.807, 2.05) is 71.6 Å². The van der Waals surface area contributed by atoms with Gasteiger partial charge in [-0.05, 0) is 48.1 Å². The van der Waals surface area contributed by atoms with E-state index in [9.17, 15) is 14.7 Å². The zero-order chi connectivity index (χ0) is 25.5. The van der Waals surface area contributed by atoms with Crippen LogP contribution in [-0.2, 0) is 16.0 Å². The van der Waals surface area contributed by atoms with Crippen molar-refractivity contribution in [3.8, 4) is 11.1 Å². The highest BCUT2D eigenvalue weighted by atomic mass is 16.4. The summed E-state index contributed by atoms with van der Waals surface area (Å²) >= 11 is 0. The van der Waals surface area contributed by atoms with Crippen LogP contribution < -0.4 is 11.1 Å². The Hall–Kier alpha value is -4.13. The van der Waals surface area contributed by atoms with Gasteiger partial charge in [0.2, 0.25) is 5.91 Å². The molecule has 5 N–H and O–H groups in total. The van der Waals surface area contributed by atoms with E-state index in [-0.39, 0.29) is 24.2 Å². The van der Waals surface area contributed by atoms with Crippen LogP contribution in [-0.4, -0.2) is 46.8 Å². The van der Waals surface area contributed by atoms with Crippen LogP contribution in [0.15, 0.2) is 78.9 Å². The van der Waals surface area contributed by atoms with Gasteiger partial charge >= 0.3 is 5.97 Å². The Balaban J connectivity index is 1.37. The normalized spacial score (nSPS) is 17.2. The number of hydrogen-bond donors (Lipinski definition) is 4. The Morgan fingerprint density at radius 3 is 2.25 bits per heavy atom. The predicted molar refractivity (Wildman–Crippen MR) is 142 cm³/mol. The summed E-state index contributed by atoms with van der Waals surface area (Å²) in [6, 6.07) is 25.7. The third-order valence-electron chi connectivity index (χ3n) is 6.71. The van der Waals surface area contributed by atoms with Gasteiger partial charge in [-0.15, -0.1) is 0 Å². The number of nitrogens with one attached hydrogen (secondary N) is 2. The number of aryl methyl sites for hydroxylation is 1. The molecular formula is C29H32N4O3. The molecule has 0 saturated carbocycles. The number of aliphatic carboxylic acids is 1. The molecule has 1 aliphatic rings. The molecule has 1 aliphatic heterocycles. The molecular weight excluding hydrogens is 452 g/mol. The molecule has 0 spiro atoms. The number of carbonyl (C=O) groups is 2. The highest BCUT2D eigenvalue weighted by Crippen LogP contribution is 2.29. The number of anilines is 1. The minimum Gasteiger partial charge on any atom is -0.481 e. The van der Waals surface area contributed by atoms with Gasteiger partial charge in [-0.25, -0.2) is 0 Å². The molecule has 0 bridgehead atoms. The van der Waals surface area contributed by atoms with E-state index in [4.69, 9.17) is 11.1 Å². The largest absolute Gasteiger partial charge is 0.481 e. The number of hydrogen-bond acceptors (Lipinski definition) is 4. The fraction of sp³-hybridized carbons (Fsp3) is 0.276. The standard InChI is InChI=1S/C29H32N4O3/c30-28(31)23-10-8-21(9-11-23)22-12-14-25(15-13-22)32-19-26-17-24(18-27(34)35)29(36)33(26)16-4-7-20-5-2-1-3-6-20/h1-3,5-6,8-15,24,26,32H,4,7,16-19H2,(H3,30,31)(H,34,35)/t24-,26-/m0/s1. The topological polar surface area (TPSA) is 120 Å². The number of carbonyl (C=O) groups excluding carboxylic acids is 1. The summed E-state index contributed by atoms with van der Waals surface area (Å²) in [6.07, 6.45) is 2.14. The first-order valence-corrected chi connectivity index (χ1v) is 12.3. The van der Waals surface area contributed by atoms with E-state index in [0.717, 1.165) is 29.7 Å². The summed E-state index contributed by atoms with van der Waals surface area (Å²) in [7, 11) is 0. The number of amides is 1. The molecule has 1 amide bonds. The number of rotatable bonds is 11. The molecule has 0 radical (unpaired) electrons. The summed E-state index contributed by atoms with van der Waals surface area (Å²) in [5, 5.41) is 20.2. The van der Waals surface area contributed by atoms with Crippen molar-refractivity contribution in [3.05, 3.63) is 90.0 Å². The fourth-order valence-corrected chi connectivity index (χ4v) is 4.80. The predicted octanol–water partition coefficient (Wildman–Crippen LogP) is 4.37. The summed E-state index contributed by atoms with van der Waals surface area (Å²) in [5.74, 6) is -1.41. The average molecular weight is 485 g/mol. The molecule has 3 aromatic rings. The molecule has 0 aliphatic carbocycles. The van der Waals surface area contributed by atoms with Crippen LogP contribution in [0.1, 0.15) is 30.4 Å². The van der Waals surface area contributed by atoms with Crippen molar-refractivity contribution in [3.63, 3.8) is 0 Å². The Kier molecular flexibility index (Phi) is 8.00. The van der Waals surface area contributed by atoms with Crippen LogP contribution in [0.25, 0.3) is 11.1 Å². The monoisotopic (exact) mass is 484 g/mol. The number of carboxylic acids is 1. The number of amidine groups is 1. The second-order valence-electron chi connectivity index (χ2n) is 9.25. The van der Waals surface area contributed by atoms with Gasteiger partial charge < -0.3 is 21.1 Å². The number of nitrogens with two attached hydrogens (primary N) is 1. The molecule has 36 heavy (non-hydrogen) atoms. The van der Waals surface area contributed by atoms with Crippen molar-refractivity contribution in [1.82, 2.24) is 4.90 Å². The number of nitrogens with zero attached hydrogens (tertiary/aromatic N) is 1. The maximum absolute atomic E-state index is 13.0. The average Bonchev–Trinajstić information content (AvgIpc) is 3.17. The smallest absolute Gasteiger partial charge is 0.304 e. The molecule has 0 unspecified atom stereocenters. The number of carboxylic acid groups (broad SMARTS) is 1. The minimum absolute atomic E-state index is 0.0450. The molecule has 3 aromatic carbocycles. The summed E-state index contributed by atoms with van der Waals surface area (Å²) in [4.78, 5) is 26.1. The van der Waals surface area contributed by atoms with Crippen LogP contribution in [0.3, 0.4) is 0 Å². The van der Waals surface area contributed by atoms with Gasteiger partial charge in [0.1, 0.15) is 5.84 Å². The van der Waals surface area contributed by atoms with Crippen molar-refractivity contribution >= 4 is 23.4 Å². The van der Waals surface area contributed by atoms with E-state index in [1.165, 1.54) is 5.56 Å². The van der Waals surface area contributed by atoms with Crippen molar-refractivity contribution < 1.29 is 14.7 Å². The summed E-state index contributed by atoms with van der Waals surface area (Å²) < 4.78 is 0. The zero-order valence-corrected chi connectivity index (χ0v) is 20.2. The minimum atomic E-state index is -0.932. The van der Waals surface area contributed by atoms with E-state index in [0.29, 0.717) is 25.1 Å². The van der Waals surface area contributed by atoms with Crippen LogP contribution in [0.2, 0.25) is 0 Å². The Bertz CT molecular complexity index is 1190. The first kappa shape index (κ1) is 25.0. The van der Waals surface area contributed by atoms with Crippen molar-refractivity contribution in [2.75, 3.05) is 18.4 Å². The maximum atomic E-state index is 13.0. The number of nitrogen functional groups attached to an aromatic ring is 1. The SMILES string of the molecule is N=C(N)c1ccc(-c2ccc(NC[C@@H]3C[C@@H](CC(=O)O)C(=O)N3CCCc3ccccc3)cc2)cc1. The quantitative estimate of drug-likeness (QED) is 0.238. The molecule has 186 valence electrons. The molecule has 1 heterocycles. The van der Waals surface area contributed by atoms with Gasteiger partial charge in [0, 0.05) is 30.4 Å². The summed E-state index contributed by atoms with van der Waals surface area (Å²) in [5.41, 5.74) is 10.5. The van der Waals surface area contributed by atoms with Gasteiger partial charge in [0.05, 0.1) is 12.3 Å². The fourth-order valence-electron chi connectivity index (χ4n) is 4.80. The second-order valence-corrected chi connectivity index (χ2v) is 9.25. The number of benzene rings is 3. The Morgan fingerprint density at radius 1 is 1.00 bits per heavy atom. The lowest BCUT2D eigenvalue weighted by molar-refractivity contribution is -0.142. The van der Waals surface area contributed by atoms with Crippen molar-refractivity contribution in [1.29, 1.82) is 5.41 Å². The lowest BCUT2D eigenvalue weighted by Crippen LogP contribution is -2.39. The lowest BCUT2D eigenvalue weighted by atomic mass is 10.0. The molecule has 7 heteroatoms. The van der Waals surface area contributed by atoms with E-state index >= 15 is 0 Å². The van der Waals surface area contributed by atoms with Crippen LogP contribution >= 0.6 is 0 Å². The van der Waals surface area contributed by atoms with E-state index < -0.39 is 11.9 Å². The van der Waals surface area contributed by atoms with Crippen LogP contribution in [0, 0.1) is 11.3 Å². The van der Waals surface area contributed by atoms with E-state index in [2.05, 4.69) is 17.4 Å². The molecule has 1 saturated heterocycles. The molecule has 2 atom stereocenters. The number of likely N-dealkylation sites (tertiary alicyclic amines) is 1. The van der Waals surface area contributed by atoms with Gasteiger partial charge in [-0.3, -0.25) is 15.0 Å². The first-order valence-electron chi connectivity index (χ1n) is 12.3. The van der Waals surface area contributed by atoms with E-state index in [1.54, 1.807) is 0 Å². The first-order chi connectivity index (χ1) is 17.4. The molecule has 4 rings (SSSR count). The molecule has 0 aromatic heterocycles. The lowest BCUT2D eigenvalue weighted by Gasteiger charge is -2.25. The molecule has 1 fully saturated rings. The third-order valence-corrected chi connectivity index (χ3v) is 6.71. The summed E-state index contributed by atoms with van der Waals surface area (Å²) in [6.45, 7) is 1.19. The van der Waals surface area contributed by atoms with Crippen molar-refractivity contribution in [2.24, 2.45) is 11.7 Å². The Morgan fingerprint density at radius 2 is 1.64 bits per heavy atom. The molecule has 7 nitrogen and oxygen atoms in total. The zero-order valence-electron chi connectivity index (χ0n) is 20.2. The Labute approximate surface area is 211 Å². The van der Waals surface area contributed by atoms with Crippen LogP contribution in [0.5, 0.6) is 0 Å². The maximum Gasteiger partial charge on any atom is 0.304 e. The highest BCUT2D eigenvalue weighted by Gasteiger charge is 2.39. The van der Waals surface area contributed by atoms with Gasteiger partial charge in [-0.1, -0.05) is 66.7 Å². The third kappa shape index (κ3) is 6.30. The van der Waals surface area contributed by atoms with Crippen LogP contribution in [0.4, 0.5) is 5.69 Å². The second kappa shape index (κ2) is 11.5. The van der Waals surface area contributed by atoms with Gasteiger partial charge in [-0.2, -0.15) is 0 Å².